The maximum atomic E-state index is 5.95. The van der Waals surface area contributed by atoms with Crippen molar-refractivity contribution in [2.24, 2.45) is 0 Å². The summed E-state index contributed by atoms with van der Waals surface area (Å²) in [6.45, 7) is 11.0. The molecule has 0 spiro atoms. The molecular weight excluding hydrogens is 252 g/mol. The van der Waals surface area contributed by atoms with Crippen LogP contribution in [0.25, 0.3) is 0 Å². The second-order valence-corrected chi connectivity index (χ2v) is 6.17. The zero-order chi connectivity index (χ0) is 14.6. The highest BCUT2D eigenvalue weighted by atomic mass is 16.5. The van der Waals surface area contributed by atoms with Gasteiger partial charge in [0.25, 0.3) is 0 Å². The van der Waals surface area contributed by atoms with Crippen molar-refractivity contribution in [1.82, 2.24) is 9.97 Å². The molecule has 1 fully saturated rings. The second kappa shape index (κ2) is 6.39. The van der Waals surface area contributed by atoms with Crippen LogP contribution in [-0.2, 0) is 4.74 Å². The summed E-state index contributed by atoms with van der Waals surface area (Å²) in [5.74, 6) is 1.83. The Balaban J connectivity index is 2.10. The average Bonchev–Trinajstić information content (AvgIpc) is 2.85. The van der Waals surface area contributed by atoms with Crippen molar-refractivity contribution in [1.29, 1.82) is 0 Å². The summed E-state index contributed by atoms with van der Waals surface area (Å²) in [5, 5.41) is 3.29. The van der Waals surface area contributed by atoms with Crippen molar-refractivity contribution in [3.8, 4) is 0 Å². The molecule has 20 heavy (non-hydrogen) atoms. The van der Waals surface area contributed by atoms with Gasteiger partial charge in [0.05, 0.1) is 18.2 Å². The van der Waals surface area contributed by atoms with Crippen LogP contribution in [0.2, 0.25) is 0 Å². The van der Waals surface area contributed by atoms with E-state index < -0.39 is 0 Å². The summed E-state index contributed by atoms with van der Waals surface area (Å²) in [4.78, 5) is 11.2. The van der Waals surface area contributed by atoms with Crippen molar-refractivity contribution in [2.75, 3.05) is 29.9 Å². The fraction of sp³-hybridized carbons (Fsp3) is 0.733. The Labute approximate surface area is 121 Å². The largest absolute Gasteiger partial charge is 0.374 e. The van der Waals surface area contributed by atoms with Crippen molar-refractivity contribution < 1.29 is 4.74 Å². The Morgan fingerprint density at radius 1 is 1.35 bits per heavy atom. The predicted octanol–water partition coefficient (Wildman–Crippen LogP) is 2.69. The normalized spacial score (nSPS) is 19.4. The molecule has 1 N–H and O–H groups in total. The molecular formula is C15H26N4O. The Morgan fingerprint density at radius 3 is 2.80 bits per heavy atom. The van der Waals surface area contributed by atoms with Gasteiger partial charge in [0.2, 0.25) is 0 Å². The highest BCUT2D eigenvalue weighted by molar-refractivity contribution is 5.61. The van der Waals surface area contributed by atoms with Crippen LogP contribution in [0, 0.1) is 0 Å². The molecule has 1 atom stereocenters. The third-order valence-corrected chi connectivity index (χ3v) is 3.38. The topological polar surface area (TPSA) is 50.3 Å². The number of aromatic nitrogens is 2. The second-order valence-electron chi connectivity index (χ2n) is 6.17. The van der Waals surface area contributed by atoms with Gasteiger partial charge >= 0.3 is 0 Å². The van der Waals surface area contributed by atoms with Crippen LogP contribution in [0.15, 0.2) is 12.4 Å². The molecule has 0 amide bonds. The summed E-state index contributed by atoms with van der Waals surface area (Å²) in [7, 11) is 0. The highest BCUT2D eigenvalue weighted by Crippen LogP contribution is 2.29. The minimum atomic E-state index is -0.0961. The van der Waals surface area contributed by atoms with E-state index in [4.69, 9.17) is 4.74 Å². The highest BCUT2D eigenvalue weighted by Gasteiger charge is 2.29. The number of rotatable bonds is 5. The number of hydrogen-bond donors (Lipinski definition) is 1. The molecule has 1 aromatic heterocycles. The van der Waals surface area contributed by atoms with Gasteiger partial charge in [0.1, 0.15) is 0 Å². The van der Waals surface area contributed by atoms with Crippen LogP contribution < -0.4 is 10.2 Å². The van der Waals surface area contributed by atoms with Crippen LogP contribution in [0.5, 0.6) is 0 Å². The van der Waals surface area contributed by atoms with E-state index in [0.29, 0.717) is 6.04 Å². The van der Waals surface area contributed by atoms with Crippen LogP contribution in [-0.4, -0.2) is 41.3 Å². The molecule has 1 aromatic rings. The lowest BCUT2D eigenvalue weighted by atomic mass is 10.2. The van der Waals surface area contributed by atoms with E-state index in [9.17, 15) is 0 Å². The third-order valence-electron chi connectivity index (χ3n) is 3.38. The van der Waals surface area contributed by atoms with Crippen molar-refractivity contribution in [3.05, 3.63) is 12.4 Å². The van der Waals surface area contributed by atoms with Gasteiger partial charge in [-0.15, -0.1) is 0 Å². The van der Waals surface area contributed by atoms with Gasteiger partial charge in [-0.05, 0) is 40.5 Å². The van der Waals surface area contributed by atoms with Gasteiger partial charge in [0.15, 0.2) is 11.6 Å². The van der Waals surface area contributed by atoms with Gasteiger partial charge in [-0.3, -0.25) is 0 Å². The summed E-state index contributed by atoms with van der Waals surface area (Å²) in [5.41, 5.74) is -0.0961. The number of anilines is 2. The fourth-order valence-corrected chi connectivity index (χ4v) is 2.47. The molecule has 1 aliphatic heterocycles. The summed E-state index contributed by atoms with van der Waals surface area (Å²) in [6, 6.07) is 0.392. The van der Waals surface area contributed by atoms with Crippen LogP contribution in [0.4, 0.5) is 11.6 Å². The van der Waals surface area contributed by atoms with Crippen LogP contribution in [0.1, 0.15) is 40.5 Å². The first-order chi connectivity index (χ1) is 9.51. The van der Waals surface area contributed by atoms with Crippen LogP contribution >= 0.6 is 0 Å². The number of hydrogen-bond acceptors (Lipinski definition) is 5. The number of nitrogens with zero attached hydrogens (tertiary/aromatic N) is 3. The van der Waals surface area contributed by atoms with Gasteiger partial charge < -0.3 is 15.0 Å². The van der Waals surface area contributed by atoms with E-state index in [1.807, 2.05) is 0 Å². The average molecular weight is 278 g/mol. The minimum absolute atomic E-state index is 0.0961. The molecule has 2 rings (SSSR count). The van der Waals surface area contributed by atoms with Crippen molar-refractivity contribution >= 4 is 11.6 Å². The third kappa shape index (κ3) is 3.82. The van der Waals surface area contributed by atoms with E-state index in [2.05, 4.69) is 47.9 Å². The lowest BCUT2D eigenvalue weighted by Crippen LogP contribution is -2.37. The molecule has 2 heterocycles. The molecule has 1 saturated heterocycles. The first kappa shape index (κ1) is 15.0. The first-order valence-electron chi connectivity index (χ1n) is 7.46. The van der Waals surface area contributed by atoms with Crippen molar-refractivity contribution in [3.63, 3.8) is 0 Å². The zero-order valence-electron chi connectivity index (χ0n) is 13.0. The van der Waals surface area contributed by atoms with E-state index in [0.717, 1.165) is 37.8 Å². The van der Waals surface area contributed by atoms with Crippen molar-refractivity contribution in [2.45, 2.75) is 52.2 Å². The smallest absolute Gasteiger partial charge is 0.172 e. The Morgan fingerprint density at radius 2 is 2.10 bits per heavy atom. The van der Waals surface area contributed by atoms with Gasteiger partial charge in [-0.2, -0.15) is 0 Å². The lowest BCUT2D eigenvalue weighted by molar-refractivity contribution is -0.00939. The summed E-state index contributed by atoms with van der Waals surface area (Å²) in [6.07, 6.45) is 5.83. The molecule has 0 unspecified atom stereocenters. The molecule has 112 valence electrons. The van der Waals surface area contributed by atoms with E-state index in [-0.39, 0.29) is 5.60 Å². The molecule has 0 saturated carbocycles. The van der Waals surface area contributed by atoms with Gasteiger partial charge in [-0.1, -0.05) is 0 Å². The van der Waals surface area contributed by atoms with E-state index in [1.54, 1.807) is 12.4 Å². The first-order valence-corrected chi connectivity index (χ1v) is 7.46. The molecule has 0 aliphatic carbocycles. The number of ether oxygens (including phenoxy) is 1. The summed E-state index contributed by atoms with van der Waals surface area (Å²) < 4.78 is 5.95. The SMILES string of the molecule is CCNc1nccnc1N1CCC[C@H]1COC(C)(C)C. The summed E-state index contributed by atoms with van der Waals surface area (Å²) >= 11 is 0. The quantitative estimate of drug-likeness (QED) is 0.897. The van der Waals surface area contributed by atoms with Gasteiger partial charge in [0, 0.05) is 25.5 Å². The Bertz CT molecular complexity index is 430. The molecule has 0 aromatic carbocycles. The molecule has 1 aliphatic rings. The minimum Gasteiger partial charge on any atom is -0.374 e. The molecule has 5 heteroatoms. The Kier molecular flexibility index (Phi) is 4.81. The molecule has 5 nitrogen and oxygen atoms in total. The van der Waals surface area contributed by atoms with E-state index in [1.165, 1.54) is 6.42 Å². The lowest BCUT2D eigenvalue weighted by Gasteiger charge is -2.29. The maximum absolute atomic E-state index is 5.95. The predicted molar refractivity (Wildman–Crippen MR) is 82.3 cm³/mol. The zero-order valence-corrected chi connectivity index (χ0v) is 13.0. The van der Waals surface area contributed by atoms with E-state index >= 15 is 0 Å². The molecule has 0 bridgehead atoms. The fourth-order valence-electron chi connectivity index (χ4n) is 2.47. The number of nitrogens with one attached hydrogen (secondary N) is 1. The standard InChI is InChI=1S/C15H26N4O/c1-5-16-13-14(18-9-8-17-13)19-10-6-7-12(19)11-20-15(2,3)4/h8-9,12H,5-7,10-11H2,1-4H3,(H,16,17)/t12-/m0/s1. The maximum Gasteiger partial charge on any atom is 0.172 e. The van der Waals surface area contributed by atoms with Crippen LogP contribution in [0.3, 0.4) is 0 Å². The van der Waals surface area contributed by atoms with Gasteiger partial charge in [-0.25, -0.2) is 9.97 Å². The monoisotopic (exact) mass is 278 g/mol. The Hall–Kier alpha value is -1.36. The molecule has 0 radical (unpaired) electrons.